The first-order valence-electron chi connectivity index (χ1n) is 2.57. The van der Waals surface area contributed by atoms with Gasteiger partial charge in [0.05, 0.1) is 14.1 Å². The summed E-state index contributed by atoms with van der Waals surface area (Å²) in [5.41, 5.74) is 0. The largest absolute Gasteiger partial charge is 0.254 e. The first-order chi connectivity index (χ1) is 3.70. The molecule has 0 spiro atoms. The van der Waals surface area contributed by atoms with E-state index in [0.29, 0.717) is 0 Å². The van der Waals surface area contributed by atoms with Gasteiger partial charge in [-0.05, 0) is 0 Å². The monoisotopic (exact) mass is 113 g/mol. The molecular formula is C5H11N3+. The third kappa shape index (κ3) is 0.816. The highest BCUT2D eigenvalue weighted by molar-refractivity contribution is 5.48. The van der Waals surface area contributed by atoms with Crippen LogP contribution in [0.4, 0.5) is 0 Å². The summed E-state index contributed by atoms with van der Waals surface area (Å²) in [7, 11) is 6.00. The molecule has 45 valence electrons. The molecule has 0 saturated carbocycles. The van der Waals surface area contributed by atoms with Crippen LogP contribution in [0.2, 0.25) is 0 Å². The van der Waals surface area contributed by atoms with Crippen molar-refractivity contribution in [1.29, 1.82) is 0 Å². The Kier molecular flexibility index (Phi) is 1.21. The summed E-state index contributed by atoms with van der Waals surface area (Å²) in [6, 6.07) is 0. The van der Waals surface area contributed by atoms with Gasteiger partial charge in [-0.25, -0.2) is 4.58 Å². The van der Waals surface area contributed by atoms with Crippen molar-refractivity contribution in [2.75, 3.05) is 21.1 Å². The zero-order valence-electron chi connectivity index (χ0n) is 5.50. The molecule has 1 aliphatic rings. The molecule has 0 N–H and O–H groups in total. The van der Waals surface area contributed by atoms with Gasteiger partial charge >= 0.3 is 0 Å². The molecule has 8 heavy (non-hydrogen) atoms. The summed E-state index contributed by atoms with van der Waals surface area (Å²) in [5.74, 6) is 0. The number of hydrazine groups is 1. The lowest BCUT2D eigenvalue weighted by atomic mass is 10.9. The van der Waals surface area contributed by atoms with Crippen molar-refractivity contribution >= 4 is 6.34 Å². The van der Waals surface area contributed by atoms with Crippen molar-refractivity contribution in [2.45, 2.75) is 0 Å². The van der Waals surface area contributed by atoms with Gasteiger partial charge in [-0.2, -0.15) is 5.01 Å². The molecule has 0 bridgehead atoms. The number of nitrogens with zero attached hydrogens (tertiary/aromatic N) is 3. The molecule has 3 heteroatoms. The lowest BCUT2D eigenvalue weighted by molar-refractivity contribution is -0.456. The smallest absolute Gasteiger partial charge is 0.245 e. The van der Waals surface area contributed by atoms with Crippen LogP contribution in [-0.2, 0) is 0 Å². The number of hydrogen-bond donors (Lipinski definition) is 0. The summed E-state index contributed by atoms with van der Waals surface area (Å²) < 4.78 is 2.00. The molecule has 0 atom stereocenters. The Bertz CT molecular complexity index is 119. The summed E-state index contributed by atoms with van der Waals surface area (Å²) in [6.07, 6.45) is 2.00. The Labute approximate surface area is 49.8 Å². The van der Waals surface area contributed by atoms with E-state index >= 15 is 0 Å². The van der Waals surface area contributed by atoms with Gasteiger partial charge in [-0.1, -0.05) is 0 Å². The molecule has 3 nitrogen and oxygen atoms in total. The average Bonchev–Trinajstić information content (AvgIpc) is 1.85. The first-order valence-corrected chi connectivity index (χ1v) is 2.57. The van der Waals surface area contributed by atoms with Crippen molar-refractivity contribution < 1.29 is 4.58 Å². The fourth-order valence-corrected chi connectivity index (χ4v) is 0.720. The molecule has 0 aromatic carbocycles. The van der Waals surface area contributed by atoms with Crippen LogP contribution < -0.4 is 0 Å². The summed E-state index contributed by atoms with van der Waals surface area (Å²) in [4.78, 5) is 0. The van der Waals surface area contributed by atoms with Gasteiger partial charge in [-0.3, -0.25) is 0 Å². The standard InChI is InChI=1S/C5H11N3/c1-6-4-7(2)8(3)5-6/h4-5H,1-3H3/q+1. The zero-order chi connectivity index (χ0) is 6.15. The Morgan fingerprint density at radius 3 is 2.00 bits per heavy atom. The summed E-state index contributed by atoms with van der Waals surface area (Å²) >= 11 is 0. The maximum Gasteiger partial charge on any atom is 0.254 e. The molecule has 1 aliphatic heterocycles. The fraction of sp³-hybridized carbons (Fsp3) is 0.600. The van der Waals surface area contributed by atoms with E-state index in [2.05, 4.69) is 0 Å². The molecule has 0 amide bonds. The quantitative estimate of drug-likeness (QED) is 0.394. The maximum absolute atomic E-state index is 2.00. The average molecular weight is 113 g/mol. The molecule has 0 saturated heterocycles. The van der Waals surface area contributed by atoms with Gasteiger partial charge in [0.15, 0.2) is 0 Å². The van der Waals surface area contributed by atoms with Gasteiger partial charge in [0.25, 0.3) is 6.34 Å². The van der Waals surface area contributed by atoms with Crippen LogP contribution >= 0.6 is 0 Å². The van der Waals surface area contributed by atoms with Crippen LogP contribution in [0.3, 0.4) is 0 Å². The third-order valence-electron chi connectivity index (χ3n) is 1.20. The van der Waals surface area contributed by atoms with E-state index in [0.717, 1.165) is 0 Å². The summed E-state index contributed by atoms with van der Waals surface area (Å²) in [5, 5.41) is 4.00. The topological polar surface area (TPSA) is 9.49 Å². The van der Waals surface area contributed by atoms with Crippen LogP contribution in [0.1, 0.15) is 0 Å². The Morgan fingerprint density at radius 2 is 1.88 bits per heavy atom. The van der Waals surface area contributed by atoms with E-state index < -0.39 is 0 Å². The first kappa shape index (κ1) is 5.56. The van der Waals surface area contributed by atoms with Gasteiger partial charge in [0.1, 0.15) is 0 Å². The second kappa shape index (κ2) is 1.74. The van der Waals surface area contributed by atoms with Gasteiger partial charge in [0.2, 0.25) is 6.67 Å². The van der Waals surface area contributed by atoms with Crippen LogP contribution in [-0.4, -0.2) is 42.1 Å². The van der Waals surface area contributed by atoms with Gasteiger partial charge in [-0.15, -0.1) is 5.01 Å². The highest BCUT2D eigenvalue weighted by Crippen LogP contribution is 1.97. The minimum atomic E-state index is 2.00. The Balaban J connectivity index is 2.56. The van der Waals surface area contributed by atoms with Crippen LogP contribution in [0.15, 0.2) is 0 Å². The van der Waals surface area contributed by atoms with E-state index in [4.69, 9.17) is 0 Å². The van der Waals surface area contributed by atoms with Crippen molar-refractivity contribution in [3.63, 3.8) is 0 Å². The van der Waals surface area contributed by atoms with Crippen LogP contribution in [0.5, 0.6) is 0 Å². The third-order valence-corrected chi connectivity index (χ3v) is 1.20. The highest BCUT2D eigenvalue weighted by Gasteiger charge is 2.18. The van der Waals surface area contributed by atoms with E-state index in [-0.39, 0.29) is 0 Å². The fourth-order valence-electron chi connectivity index (χ4n) is 0.720. The van der Waals surface area contributed by atoms with Crippen molar-refractivity contribution in [2.24, 2.45) is 0 Å². The lowest BCUT2D eigenvalue weighted by Gasteiger charge is -2.06. The summed E-state index contributed by atoms with van der Waals surface area (Å²) in [6.45, 7) is 2.00. The molecule has 1 radical (unpaired) electrons. The minimum absolute atomic E-state index is 2.00. The molecular weight excluding hydrogens is 102 g/mol. The Hall–Kier alpha value is -0.570. The van der Waals surface area contributed by atoms with Gasteiger partial charge < -0.3 is 0 Å². The van der Waals surface area contributed by atoms with E-state index in [1.165, 1.54) is 0 Å². The maximum atomic E-state index is 2.00. The SMILES string of the molecule is CN1[CH][N+](C)=CN1C. The molecule has 0 aliphatic carbocycles. The lowest BCUT2D eigenvalue weighted by Crippen LogP contribution is -2.27. The van der Waals surface area contributed by atoms with Gasteiger partial charge in [0, 0.05) is 7.05 Å². The number of hydrogen-bond acceptors (Lipinski definition) is 2. The van der Waals surface area contributed by atoms with Crippen molar-refractivity contribution in [1.82, 2.24) is 10.0 Å². The van der Waals surface area contributed by atoms with E-state index in [1.807, 2.05) is 48.7 Å². The van der Waals surface area contributed by atoms with E-state index in [9.17, 15) is 0 Å². The molecule has 0 aromatic rings. The normalized spacial score (nSPS) is 21.9. The second-order valence-corrected chi connectivity index (χ2v) is 2.04. The molecule has 0 unspecified atom stereocenters. The minimum Gasteiger partial charge on any atom is -0.245 e. The molecule has 1 rings (SSSR count). The highest BCUT2D eigenvalue weighted by atomic mass is 15.7. The second-order valence-electron chi connectivity index (χ2n) is 2.04. The molecule has 0 aromatic heterocycles. The predicted molar refractivity (Wildman–Crippen MR) is 32.1 cm³/mol. The number of rotatable bonds is 0. The Morgan fingerprint density at radius 1 is 1.25 bits per heavy atom. The van der Waals surface area contributed by atoms with Crippen molar-refractivity contribution in [3.05, 3.63) is 6.67 Å². The van der Waals surface area contributed by atoms with Crippen LogP contribution in [0.25, 0.3) is 0 Å². The predicted octanol–water partition coefficient (Wildman–Crippen LogP) is -0.432. The molecule has 0 fully saturated rings. The van der Waals surface area contributed by atoms with E-state index in [1.54, 1.807) is 0 Å². The zero-order valence-corrected chi connectivity index (χ0v) is 5.50. The van der Waals surface area contributed by atoms with Crippen molar-refractivity contribution in [3.8, 4) is 0 Å². The molecule has 1 heterocycles. The van der Waals surface area contributed by atoms with Crippen LogP contribution in [0, 0.1) is 6.67 Å².